The molecule has 0 unspecified atom stereocenters. The van der Waals surface area contributed by atoms with Gasteiger partial charge >= 0.3 is 6.18 Å². The van der Waals surface area contributed by atoms with Gasteiger partial charge in [0, 0.05) is 42.5 Å². The van der Waals surface area contributed by atoms with Gasteiger partial charge in [-0.15, -0.1) is 11.8 Å². The lowest BCUT2D eigenvalue weighted by Crippen LogP contribution is -2.49. The number of anilines is 1. The maximum atomic E-state index is 14.5. The van der Waals surface area contributed by atoms with Gasteiger partial charge in [-0.1, -0.05) is 36.0 Å². The first-order valence-electron chi connectivity index (χ1n) is 9.39. The summed E-state index contributed by atoms with van der Waals surface area (Å²) in [5, 5.41) is 0.672. The third-order valence-electron chi connectivity index (χ3n) is 4.88. The van der Waals surface area contributed by atoms with Gasteiger partial charge in [0.15, 0.2) is 0 Å². The fourth-order valence-electron chi connectivity index (χ4n) is 3.28. The van der Waals surface area contributed by atoms with Crippen LogP contribution in [0.25, 0.3) is 0 Å². The minimum atomic E-state index is -4.27. The number of alkyl halides is 3. The van der Waals surface area contributed by atoms with Crippen LogP contribution in [-0.4, -0.2) is 48.0 Å². The Balaban J connectivity index is 1.62. The molecule has 30 heavy (non-hydrogen) atoms. The zero-order chi connectivity index (χ0) is 21.9. The Morgan fingerprint density at radius 3 is 2.33 bits per heavy atom. The van der Waals surface area contributed by atoms with Crippen molar-refractivity contribution in [2.24, 2.45) is 0 Å². The summed E-state index contributed by atoms with van der Waals surface area (Å²) >= 11 is 12.2. The van der Waals surface area contributed by atoms with Crippen molar-refractivity contribution in [1.82, 2.24) is 4.90 Å². The lowest BCUT2D eigenvalue weighted by Gasteiger charge is -2.38. The van der Waals surface area contributed by atoms with Gasteiger partial charge in [-0.05, 0) is 42.3 Å². The first-order chi connectivity index (χ1) is 14.1. The molecule has 1 aliphatic rings. The summed E-state index contributed by atoms with van der Waals surface area (Å²) in [6, 6.07) is 10.4. The van der Waals surface area contributed by atoms with Crippen molar-refractivity contribution in [2.75, 3.05) is 36.8 Å². The van der Waals surface area contributed by atoms with Crippen LogP contribution in [0.3, 0.4) is 0 Å². The van der Waals surface area contributed by atoms with E-state index in [0.29, 0.717) is 65.5 Å². The van der Waals surface area contributed by atoms with Crippen molar-refractivity contribution in [3.63, 3.8) is 0 Å². The summed E-state index contributed by atoms with van der Waals surface area (Å²) in [6.45, 7) is 3.97. The molecule has 0 radical (unpaired) electrons. The lowest BCUT2D eigenvalue weighted by atomic mass is 10.1. The predicted molar refractivity (Wildman–Crippen MR) is 119 cm³/mol. The summed E-state index contributed by atoms with van der Waals surface area (Å²) in [7, 11) is 0. The maximum Gasteiger partial charge on any atom is 0.398 e. The number of nitrogens with zero attached hydrogens (tertiary/aromatic N) is 2. The number of thioether (sulfide) groups is 1. The second-order valence-electron chi connectivity index (χ2n) is 7.14. The molecule has 162 valence electrons. The van der Waals surface area contributed by atoms with E-state index < -0.39 is 17.7 Å². The normalized spacial score (nSPS) is 14.9. The molecular weight excluding hydrogens is 456 g/mol. The fraction of sp³-hybridized carbons (Fsp3) is 0.381. The van der Waals surface area contributed by atoms with Crippen LogP contribution in [0.1, 0.15) is 11.1 Å². The molecule has 1 fully saturated rings. The molecule has 0 saturated carbocycles. The summed E-state index contributed by atoms with van der Waals surface area (Å²) in [4.78, 5) is 5.21. The monoisotopic (exact) mass is 476 g/mol. The number of rotatable bonds is 5. The molecule has 0 aliphatic carbocycles. The number of aryl methyl sites for hydroxylation is 1. The molecule has 0 N–H and O–H groups in total. The standard InChI is InChI=1S/C21H21ClF4N2S2/c1-14-10-17(23)18(12-19(14)30-13-21(24,25)26)27-6-8-28(9-7-27)20(29)11-15-2-4-16(22)5-3-15/h2-5,10,12H,6-9,11,13H2,1H3. The van der Waals surface area contributed by atoms with E-state index in [1.54, 1.807) is 6.92 Å². The summed E-state index contributed by atoms with van der Waals surface area (Å²) in [5.41, 5.74) is 1.92. The van der Waals surface area contributed by atoms with Crippen LogP contribution in [0.5, 0.6) is 0 Å². The smallest absolute Gasteiger partial charge is 0.366 e. The average Bonchev–Trinajstić information content (AvgIpc) is 2.68. The highest BCUT2D eigenvalue weighted by molar-refractivity contribution is 7.99. The Morgan fingerprint density at radius 2 is 1.73 bits per heavy atom. The fourth-order valence-corrected chi connectivity index (χ4v) is 4.56. The molecule has 9 heteroatoms. The van der Waals surface area contributed by atoms with Gasteiger partial charge in [0.2, 0.25) is 0 Å². The Labute approximate surface area is 188 Å². The third kappa shape index (κ3) is 6.25. The maximum absolute atomic E-state index is 14.5. The second kappa shape index (κ2) is 9.75. The van der Waals surface area contributed by atoms with E-state index in [0.717, 1.165) is 10.6 Å². The second-order valence-corrected chi connectivity index (χ2v) is 9.07. The molecule has 2 aromatic rings. The molecular formula is C21H21ClF4N2S2. The van der Waals surface area contributed by atoms with Crippen LogP contribution in [-0.2, 0) is 6.42 Å². The van der Waals surface area contributed by atoms with E-state index >= 15 is 0 Å². The largest absolute Gasteiger partial charge is 0.398 e. The highest BCUT2D eigenvalue weighted by Gasteiger charge is 2.28. The molecule has 2 nitrogen and oxygen atoms in total. The van der Waals surface area contributed by atoms with Gasteiger partial charge < -0.3 is 9.80 Å². The van der Waals surface area contributed by atoms with Crippen LogP contribution in [0, 0.1) is 12.7 Å². The molecule has 0 bridgehead atoms. The number of piperazine rings is 1. The molecule has 2 aromatic carbocycles. The van der Waals surface area contributed by atoms with E-state index in [1.807, 2.05) is 29.2 Å². The molecule has 1 heterocycles. The van der Waals surface area contributed by atoms with Crippen LogP contribution in [0.4, 0.5) is 23.2 Å². The van der Waals surface area contributed by atoms with E-state index in [4.69, 9.17) is 23.8 Å². The van der Waals surface area contributed by atoms with Crippen molar-refractivity contribution < 1.29 is 17.6 Å². The van der Waals surface area contributed by atoms with Gasteiger partial charge in [0.05, 0.1) is 16.4 Å². The summed E-state index contributed by atoms with van der Waals surface area (Å²) in [5.74, 6) is -1.41. The van der Waals surface area contributed by atoms with E-state index in [9.17, 15) is 17.6 Å². The Kier molecular flexibility index (Phi) is 7.52. The van der Waals surface area contributed by atoms with Crippen LogP contribution < -0.4 is 4.90 Å². The zero-order valence-corrected chi connectivity index (χ0v) is 18.7. The minimum Gasteiger partial charge on any atom is -0.366 e. The number of hydrogen-bond acceptors (Lipinski definition) is 3. The lowest BCUT2D eigenvalue weighted by molar-refractivity contribution is -0.105. The van der Waals surface area contributed by atoms with E-state index in [-0.39, 0.29) is 0 Å². The number of halogens is 5. The van der Waals surface area contributed by atoms with E-state index in [1.165, 1.54) is 12.1 Å². The summed E-state index contributed by atoms with van der Waals surface area (Å²) in [6.07, 6.45) is -3.64. The Hall–Kier alpha value is -1.51. The minimum absolute atomic E-state index is 0.341. The van der Waals surface area contributed by atoms with Gasteiger partial charge in [0.25, 0.3) is 0 Å². The SMILES string of the molecule is Cc1cc(F)c(N2CCN(C(=S)Cc3ccc(Cl)cc3)CC2)cc1SCC(F)(F)F. The highest BCUT2D eigenvalue weighted by atomic mass is 35.5. The predicted octanol–water partition coefficient (Wildman–Crippen LogP) is 6.13. The first-order valence-corrected chi connectivity index (χ1v) is 11.2. The topological polar surface area (TPSA) is 6.48 Å². The Morgan fingerprint density at radius 1 is 1.10 bits per heavy atom. The van der Waals surface area contributed by atoms with Crippen molar-refractivity contribution >= 4 is 46.3 Å². The number of hydrogen-bond donors (Lipinski definition) is 0. The van der Waals surface area contributed by atoms with Crippen molar-refractivity contribution in [1.29, 1.82) is 0 Å². The number of benzene rings is 2. The molecule has 1 saturated heterocycles. The van der Waals surface area contributed by atoms with Gasteiger partial charge in [0.1, 0.15) is 5.82 Å². The quantitative estimate of drug-likeness (QED) is 0.290. The van der Waals surface area contributed by atoms with Gasteiger partial charge in [-0.25, -0.2) is 4.39 Å². The van der Waals surface area contributed by atoms with E-state index in [2.05, 4.69) is 4.90 Å². The Bertz CT molecular complexity index is 895. The molecule has 0 aromatic heterocycles. The van der Waals surface area contributed by atoms with Crippen molar-refractivity contribution in [3.8, 4) is 0 Å². The van der Waals surface area contributed by atoms with Gasteiger partial charge in [-0.2, -0.15) is 13.2 Å². The van der Waals surface area contributed by atoms with Gasteiger partial charge in [-0.3, -0.25) is 0 Å². The third-order valence-corrected chi connectivity index (χ3v) is 6.75. The van der Waals surface area contributed by atoms with Crippen LogP contribution in [0.2, 0.25) is 5.02 Å². The number of thiocarbonyl (C=S) groups is 1. The van der Waals surface area contributed by atoms with Crippen LogP contribution in [0.15, 0.2) is 41.3 Å². The summed E-state index contributed by atoms with van der Waals surface area (Å²) < 4.78 is 52.3. The molecule has 3 rings (SSSR count). The average molecular weight is 477 g/mol. The van der Waals surface area contributed by atoms with Crippen LogP contribution >= 0.6 is 35.6 Å². The highest BCUT2D eigenvalue weighted by Crippen LogP contribution is 2.34. The molecule has 0 spiro atoms. The first kappa shape index (κ1) is 23.2. The molecule has 1 aliphatic heterocycles. The molecule has 0 amide bonds. The molecule has 0 atom stereocenters. The van der Waals surface area contributed by atoms with Crippen molar-refractivity contribution in [3.05, 3.63) is 58.4 Å². The zero-order valence-electron chi connectivity index (χ0n) is 16.3. The van der Waals surface area contributed by atoms with Crippen molar-refractivity contribution in [2.45, 2.75) is 24.4 Å².